The smallest absolute Gasteiger partial charge is 0.0995 e. The second-order valence-corrected chi connectivity index (χ2v) is 1.22. The Balaban J connectivity index is 2.91. The molecule has 0 spiro atoms. The van der Waals surface area contributed by atoms with Gasteiger partial charge in [-0.25, -0.2) is 0 Å². The van der Waals surface area contributed by atoms with Gasteiger partial charge in [0, 0.05) is 6.54 Å². The summed E-state index contributed by atoms with van der Waals surface area (Å²) in [5.74, 6) is 0. The maximum absolute atomic E-state index is 5.13. The molecule has 0 unspecified atom stereocenters. The minimum Gasteiger partial charge on any atom is -0.500 e. The van der Waals surface area contributed by atoms with Crippen LogP contribution < -0.4 is 5.73 Å². The highest BCUT2D eigenvalue weighted by atomic mass is 16.5. The monoisotopic (exact) mass is 113 g/mol. The maximum Gasteiger partial charge on any atom is 0.0995 e. The lowest BCUT2D eigenvalue weighted by molar-refractivity contribution is 0.259. The number of hydrogen-bond donors (Lipinski definition) is 1. The highest BCUT2D eigenvalue weighted by molar-refractivity contribution is 4.92. The van der Waals surface area contributed by atoms with Gasteiger partial charge in [0.1, 0.15) is 0 Å². The number of nitrogens with two attached hydrogens (primary N) is 1. The van der Waals surface area contributed by atoms with Crippen molar-refractivity contribution in [2.75, 3.05) is 13.2 Å². The molecule has 0 aliphatic heterocycles. The molecule has 46 valence electrons. The van der Waals surface area contributed by atoms with Gasteiger partial charge in [-0.3, -0.25) is 0 Å². The zero-order valence-corrected chi connectivity index (χ0v) is 4.84. The highest BCUT2D eigenvalue weighted by Gasteiger charge is 1.70. The van der Waals surface area contributed by atoms with E-state index in [0.717, 1.165) is 0 Å². The number of hydrogen-bond acceptors (Lipinski definition) is 2. The Kier molecular flexibility index (Phi) is 5.65. The summed E-state index contributed by atoms with van der Waals surface area (Å²) in [6, 6.07) is 0. The molecule has 0 aromatic rings. The van der Waals surface area contributed by atoms with Crippen molar-refractivity contribution in [2.24, 2.45) is 5.73 Å². The van der Waals surface area contributed by atoms with Crippen molar-refractivity contribution in [1.82, 2.24) is 0 Å². The predicted octanol–water partition coefficient (Wildman–Crippen LogP) is 0.661. The van der Waals surface area contributed by atoms with E-state index in [1.165, 1.54) is 0 Å². The lowest BCUT2D eigenvalue weighted by Crippen LogP contribution is -2.04. The Morgan fingerprint density at radius 1 is 1.62 bits per heavy atom. The van der Waals surface area contributed by atoms with E-state index in [-0.39, 0.29) is 0 Å². The molecule has 2 heteroatoms. The van der Waals surface area contributed by atoms with Crippen molar-refractivity contribution >= 4 is 0 Å². The summed E-state index contributed by atoms with van der Waals surface area (Å²) in [5, 5.41) is 0. The first kappa shape index (κ1) is 7.24. The molecule has 2 nitrogen and oxygen atoms in total. The van der Waals surface area contributed by atoms with Gasteiger partial charge in [0.2, 0.25) is 0 Å². The van der Waals surface area contributed by atoms with Crippen LogP contribution in [0.15, 0.2) is 25.0 Å². The van der Waals surface area contributed by atoms with E-state index in [9.17, 15) is 0 Å². The summed E-state index contributed by atoms with van der Waals surface area (Å²) in [5.41, 5.74) is 5.13. The minimum atomic E-state index is 0.557. The third-order valence-electron chi connectivity index (χ3n) is 0.547. The van der Waals surface area contributed by atoms with Crippen molar-refractivity contribution in [3.05, 3.63) is 25.0 Å². The fourth-order valence-electron chi connectivity index (χ4n) is 0.247. The van der Waals surface area contributed by atoms with Gasteiger partial charge >= 0.3 is 0 Å². The first-order chi connectivity index (χ1) is 3.91. The molecule has 0 radical (unpaired) electrons. The lowest BCUT2D eigenvalue weighted by atomic mass is 10.6. The SMILES string of the molecule is C=C/C=C/OCCN. The van der Waals surface area contributed by atoms with Gasteiger partial charge in [-0.1, -0.05) is 12.7 Å². The molecular formula is C6H11NO. The molecule has 8 heavy (non-hydrogen) atoms. The van der Waals surface area contributed by atoms with Gasteiger partial charge < -0.3 is 10.5 Å². The third kappa shape index (κ3) is 5.24. The van der Waals surface area contributed by atoms with Crippen LogP contribution in [0.2, 0.25) is 0 Å². The number of ether oxygens (including phenoxy) is 1. The quantitative estimate of drug-likeness (QED) is 0.330. The van der Waals surface area contributed by atoms with E-state index in [2.05, 4.69) is 6.58 Å². The predicted molar refractivity (Wildman–Crippen MR) is 34.3 cm³/mol. The first-order valence-electron chi connectivity index (χ1n) is 2.51. The van der Waals surface area contributed by atoms with Crippen LogP contribution in [0.5, 0.6) is 0 Å². The first-order valence-corrected chi connectivity index (χ1v) is 2.51. The molecule has 0 saturated carbocycles. The van der Waals surface area contributed by atoms with E-state index >= 15 is 0 Å². The van der Waals surface area contributed by atoms with E-state index in [1.807, 2.05) is 0 Å². The van der Waals surface area contributed by atoms with Crippen LogP contribution in [0.4, 0.5) is 0 Å². The Labute approximate surface area is 49.6 Å². The van der Waals surface area contributed by atoms with Crippen molar-refractivity contribution in [2.45, 2.75) is 0 Å². The fourth-order valence-corrected chi connectivity index (χ4v) is 0.247. The zero-order valence-electron chi connectivity index (χ0n) is 4.84. The van der Waals surface area contributed by atoms with Gasteiger partial charge in [0.05, 0.1) is 12.9 Å². The van der Waals surface area contributed by atoms with E-state index in [1.54, 1.807) is 18.4 Å². The molecule has 2 N–H and O–H groups in total. The minimum absolute atomic E-state index is 0.557. The molecular weight excluding hydrogens is 102 g/mol. The molecule has 0 atom stereocenters. The summed E-state index contributed by atoms with van der Waals surface area (Å²) in [4.78, 5) is 0. The summed E-state index contributed by atoms with van der Waals surface area (Å²) in [6.07, 6.45) is 4.94. The fraction of sp³-hybridized carbons (Fsp3) is 0.333. The molecule has 0 fully saturated rings. The summed E-state index contributed by atoms with van der Waals surface area (Å²) in [6.45, 7) is 4.59. The summed E-state index contributed by atoms with van der Waals surface area (Å²) in [7, 11) is 0. The van der Waals surface area contributed by atoms with Gasteiger partial charge in [-0.05, 0) is 6.08 Å². The zero-order chi connectivity index (χ0) is 6.24. The molecule has 0 amide bonds. The van der Waals surface area contributed by atoms with E-state index < -0.39 is 0 Å². The van der Waals surface area contributed by atoms with Crippen LogP contribution in [0.3, 0.4) is 0 Å². The van der Waals surface area contributed by atoms with E-state index in [0.29, 0.717) is 13.2 Å². The maximum atomic E-state index is 5.13. The highest BCUT2D eigenvalue weighted by Crippen LogP contribution is 1.74. The molecule has 0 aliphatic rings. The van der Waals surface area contributed by atoms with Crippen LogP contribution in [-0.2, 0) is 4.74 Å². The second kappa shape index (κ2) is 6.24. The average Bonchev–Trinajstić information content (AvgIpc) is 1.81. The van der Waals surface area contributed by atoms with Gasteiger partial charge in [-0.2, -0.15) is 0 Å². The average molecular weight is 113 g/mol. The molecule has 0 aromatic carbocycles. The number of allylic oxidation sites excluding steroid dienone is 2. The second-order valence-electron chi connectivity index (χ2n) is 1.22. The molecule has 0 saturated heterocycles. The van der Waals surface area contributed by atoms with Crippen molar-refractivity contribution in [3.63, 3.8) is 0 Å². The van der Waals surface area contributed by atoms with Crippen molar-refractivity contribution in [1.29, 1.82) is 0 Å². The third-order valence-corrected chi connectivity index (χ3v) is 0.547. The topological polar surface area (TPSA) is 35.2 Å². The Morgan fingerprint density at radius 2 is 2.38 bits per heavy atom. The molecule has 0 bridgehead atoms. The lowest BCUT2D eigenvalue weighted by Gasteiger charge is -1.92. The van der Waals surface area contributed by atoms with Crippen LogP contribution in [0.25, 0.3) is 0 Å². The molecule has 0 rings (SSSR count). The molecule has 0 aromatic heterocycles. The van der Waals surface area contributed by atoms with Gasteiger partial charge in [0.25, 0.3) is 0 Å². The van der Waals surface area contributed by atoms with Crippen LogP contribution in [-0.4, -0.2) is 13.2 Å². The van der Waals surface area contributed by atoms with E-state index in [4.69, 9.17) is 10.5 Å². The molecule has 0 aliphatic carbocycles. The van der Waals surface area contributed by atoms with Crippen LogP contribution >= 0.6 is 0 Å². The Hall–Kier alpha value is -0.760. The summed E-state index contributed by atoms with van der Waals surface area (Å²) < 4.78 is 4.85. The normalized spacial score (nSPS) is 9.62. The van der Waals surface area contributed by atoms with Gasteiger partial charge in [0.15, 0.2) is 0 Å². The van der Waals surface area contributed by atoms with Crippen molar-refractivity contribution in [3.8, 4) is 0 Å². The Morgan fingerprint density at radius 3 is 2.88 bits per heavy atom. The van der Waals surface area contributed by atoms with Crippen molar-refractivity contribution < 1.29 is 4.74 Å². The number of rotatable bonds is 4. The Bertz CT molecular complexity index is 78.6. The van der Waals surface area contributed by atoms with Crippen LogP contribution in [0.1, 0.15) is 0 Å². The van der Waals surface area contributed by atoms with Gasteiger partial charge in [-0.15, -0.1) is 0 Å². The summed E-state index contributed by atoms with van der Waals surface area (Å²) >= 11 is 0. The molecule has 0 heterocycles. The largest absolute Gasteiger partial charge is 0.500 e. The van der Waals surface area contributed by atoms with Crippen LogP contribution in [0, 0.1) is 0 Å². The standard InChI is InChI=1S/C6H11NO/c1-2-3-5-8-6-4-7/h2-3,5H,1,4,6-7H2/b5-3+.